The van der Waals surface area contributed by atoms with E-state index in [1.807, 2.05) is 9.80 Å². The van der Waals surface area contributed by atoms with E-state index in [9.17, 15) is 0 Å². The SMILES string of the molecule is C1CCCC([NH+]2CCC([NH+]3CCCCCC3)CC2)CC1. The average molecular weight is 280 g/mol. The molecule has 2 heterocycles. The average Bonchev–Trinajstić information content (AvgIpc) is 2.92. The van der Waals surface area contributed by atoms with Gasteiger partial charge in [0.05, 0.1) is 38.3 Å². The van der Waals surface area contributed by atoms with Gasteiger partial charge in [-0.05, 0) is 51.4 Å². The lowest BCUT2D eigenvalue weighted by atomic mass is 9.98. The molecule has 0 unspecified atom stereocenters. The number of rotatable bonds is 2. The molecule has 3 rings (SSSR count). The Morgan fingerprint density at radius 1 is 0.400 bits per heavy atom. The van der Waals surface area contributed by atoms with Crippen LogP contribution in [0.25, 0.3) is 0 Å². The van der Waals surface area contributed by atoms with E-state index in [1.54, 1.807) is 0 Å². The third kappa shape index (κ3) is 3.98. The Balaban J connectivity index is 1.45. The van der Waals surface area contributed by atoms with E-state index >= 15 is 0 Å². The van der Waals surface area contributed by atoms with Crippen molar-refractivity contribution in [2.75, 3.05) is 26.2 Å². The molecule has 0 atom stereocenters. The highest BCUT2D eigenvalue weighted by atomic mass is 15.2. The second-order valence-electron chi connectivity index (χ2n) is 7.69. The summed E-state index contributed by atoms with van der Waals surface area (Å²) >= 11 is 0. The quantitative estimate of drug-likeness (QED) is 0.704. The van der Waals surface area contributed by atoms with Crippen molar-refractivity contribution in [3.8, 4) is 0 Å². The second-order valence-corrected chi connectivity index (χ2v) is 7.69. The Labute approximate surface area is 125 Å². The number of quaternary nitrogens is 2. The van der Waals surface area contributed by atoms with Crippen LogP contribution in [-0.2, 0) is 0 Å². The van der Waals surface area contributed by atoms with Crippen LogP contribution >= 0.6 is 0 Å². The molecule has 2 N–H and O–H groups in total. The van der Waals surface area contributed by atoms with E-state index in [4.69, 9.17) is 0 Å². The van der Waals surface area contributed by atoms with Crippen LogP contribution in [-0.4, -0.2) is 38.3 Å². The summed E-state index contributed by atoms with van der Waals surface area (Å²) in [4.78, 5) is 3.96. The lowest BCUT2D eigenvalue weighted by Crippen LogP contribution is -3.22. The molecule has 3 fully saturated rings. The van der Waals surface area contributed by atoms with Crippen molar-refractivity contribution in [2.45, 2.75) is 89.1 Å². The van der Waals surface area contributed by atoms with Crippen molar-refractivity contribution in [1.82, 2.24) is 0 Å². The minimum Gasteiger partial charge on any atom is -0.332 e. The van der Waals surface area contributed by atoms with Crippen LogP contribution in [0.3, 0.4) is 0 Å². The Hall–Kier alpha value is -0.0800. The van der Waals surface area contributed by atoms with Crippen molar-refractivity contribution in [3.05, 3.63) is 0 Å². The summed E-state index contributed by atoms with van der Waals surface area (Å²) in [6, 6.07) is 2.04. The van der Waals surface area contributed by atoms with E-state index in [1.165, 1.54) is 103 Å². The van der Waals surface area contributed by atoms with Crippen molar-refractivity contribution < 1.29 is 9.80 Å². The van der Waals surface area contributed by atoms with Crippen LogP contribution < -0.4 is 9.80 Å². The highest BCUT2D eigenvalue weighted by molar-refractivity contribution is 4.67. The predicted molar refractivity (Wildman–Crippen MR) is 84.4 cm³/mol. The number of likely N-dealkylation sites (tertiary alicyclic amines) is 2. The molecule has 2 nitrogen and oxygen atoms in total. The van der Waals surface area contributed by atoms with Crippen LogP contribution in [0.5, 0.6) is 0 Å². The van der Waals surface area contributed by atoms with Gasteiger partial charge in [-0.3, -0.25) is 0 Å². The molecule has 2 heteroatoms. The molecule has 0 aromatic rings. The van der Waals surface area contributed by atoms with Gasteiger partial charge in [0.15, 0.2) is 0 Å². The fraction of sp³-hybridized carbons (Fsp3) is 1.00. The van der Waals surface area contributed by atoms with E-state index in [2.05, 4.69) is 0 Å². The van der Waals surface area contributed by atoms with Crippen LogP contribution in [0.1, 0.15) is 77.0 Å². The minimum absolute atomic E-state index is 1.02. The number of hydrogen-bond acceptors (Lipinski definition) is 0. The van der Waals surface area contributed by atoms with Gasteiger partial charge >= 0.3 is 0 Å². The van der Waals surface area contributed by atoms with E-state index in [0.29, 0.717) is 0 Å². The Morgan fingerprint density at radius 2 is 0.850 bits per heavy atom. The van der Waals surface area contributed by atoms with Gasteiger partial charge in [0, 0.05) is 12.8 Å². The van der Waals surface area contributed by atoms with Gasteiger partial charge < -0.3 is 9.80 Å². The maximum atomic E-state index is 1.98. The summed E-state index contributed by atoms with van der Waals surface area (Å²) in [7, 11) is 0. The summed E-state index contributed by atoms with van der Waals surface area (Å²) in [5.74, 6) is 0. The Kier molecular flexibility index (Phi) is 5.78. The van der Waals surface area contributed by atoms with Gasteiger partial charge in [0.2, 0.25) is 0 Å². The summed E-state index contributed by atoms with van der Waals surface area (Å²) in [5, 5.41) is 0. The van der Waals surface area contributed by atoms with Crippen LogP contribution in [0, 0.1) is 0 Å². The number of hydrogen-bond donors (Lipinski definition) is 2. The molecule has 0 radical (unpaired) electrons. The highest BCUT2D eigenvalue weighted by Gasteiger charge is 2.33. The van der Waals surface area contributed by atoms with Crippen molar-refractivity contribution in [3.63, 3.8) is 0 Å². The standard InChI is InChI=1S/C18H34N2/c1-2-6-10-17(9-5-1)20-15-11-18(12-16-20)19-13-7-3-4-8-14-19/h17-18H,1-16H2/p+2. The lowest BCUT2D eigenvalue weighted by Gasteiger charge is -2.37. The first-order chi connectivity index (χ1) is 9.93. The number of nitrogens with one attached hydrogen (secondary N) is 2. The first-order valence-corrected chi connectivity index (χ1v) is 9.62. The highest BCUT2D eigenvalue weighted by Crippen LogP contribution is 2.16. The molecular weight excluding hydrogens is 244 g/mol. The van der Waals surface area contributed by atoms with Crippen molar-refractivity contribution in [1.29, 1.82) is 0 Å². The molecule has 0 bridgehead atoms. The summed E-state index contributed by atoms with van der Waals surface area (Å²) in [6.45, 7) is 5.92. The maximum Gasteiger partial charge on any atom is 0.0983 e. The van der Waals surface area contributed by atoms with Crippen LogP contribution in [0.15, 0.2) is 0 Å². The zero-order valence-corrected chi connectivity index (χ0v) is 13.5. The lowest BCUT2D eigenvalue weighted by molar-refractivity contribution is -0.968. The fourth-order valence-electron chi connectivity index (χ4n) is 5.08. The zero-order valence-electron chi connectivity index (χ0n) is 13.5. The molecule has 0 amide bonds. The normalized spacial score (nSPS) is 35.4. The van der Waals surface area contributed by atoms with Gasteiger partial charge in [0.25, 0.3) is 0 Å². The molecule has 20 heavy (non-hydrogen) atoms. The number of piperidine rings is 1. The third-order valence-corrected chi connectivity index (χ3v) is 6.38. The molecule has 1 aliphatic carbocycles. The topological polar surface area (TPSA) is 8.88 Å². The van der Waals surface area contributed by atoms with Gasteiger partial charge in [-0.2, -0.15) is 0 Å². The molecule has 3 aliphatic rings. The molecule has 0 spiro atoms. The summed E-state index contributed by atoms with van der Waals surface area (Å²) in [5.41, 5.74) is 0. The predicted octanol–water partition coefficient (Wildman–Crippen LogP) is 1.22. The smallest absolute Gasteiger partial charge is 0.0983 e. The fourth-order valence-corrected chi connectivity index (χ4v) is 5.08. The van der Waals surface area contributed by atoms with E-state index < -0.39 is 0 Å². The van der Waals surface area contributed by atoms with E-state index in [0.717, 1.165) is 12.1 Å². The second kappa shape index (κ2) is 7.79. The summed E-state index contributed by atoms with van der Waals surface area (Å²) < 4.78 is 0. The van der Waals surface area contributed by atoms with Crippen molar-refractivity contribution in [2.24, 2.45) is 0 Å². The molecular formula is C18H36N2+2. The van der Waals surface area contributed by atoms with Gasteiger partial charge in [-0.1, -0.05) is 12.8 Å². The molecule has 0 aromatic heterocycles. The van der Waals surface area contributed by atoms with Crippen LogP contribution in [0.2, 0.25) is 0 Å². The van der Waals surface area contributed by atoms with Gasteiger partial charge in [-0.15, -0.1) is 0 Å². The molecule has 116 valence electrons. The minimum atomic E-state index is 1.02. The third-order valence-electron chi connectivity index (χ3n) is 6.38. The molecule has 2 saturated heterocycles. The first-order valence-electron chi connectivity index (χ1n) is 9.62. The monoisotopic (exact) mass is 280 g/mol. The van der Waals surface area contributed by atoms with E-state index in [-0.39, 0.29) is 0 Å². The van der Waals surface area contributed by atoms with Gasteiger partial charge in [-0.25, -0.2) is 0 Å². The largest absolute Gasteiger partial charge is 0.332 e. The summed E-state index contributed by atoms with van der Waals surface area (Å²) in [6.07, 6.45) is 18.1. The van der Waals surface area contributed by atoms with Crippen molar-refractivity contribution >= 4 is 0 Å². The Morgan fingerprint density at radius 3 is 1.45 bits per heavy atom. The first kappa shape index (κ1) is 14.8. The molecule has 2 aliphatic heterocycles. The maximum absolute atomic E-state index is 1.98. The molecule has 1 saturated carbocycles. The van der Waals surface area contributed by atoms with Gasteiger partial charge in [0.1, 0.15) is 0 Å². The van der Waals surface area contributed by atoms with Crippen LogP contribution in [0.4, 0.5) is 0 Å². The zero-order chi connectivity index (χ0) is 13.6. The molecule has 0 aromatic carbocycles. The Bertz CT molecular complexity index is 227.